The van der Waals surface area contributed by atoms with Gasteiger partial charge in [-0.1, -0.05) is 124 Å². The lowest BCUT2D eigenvalue weighted by molar-refractivity contribution is -0.386. The summed E-state index contributed by atoms with van der Waals surface area (Å²) in [5, 5.41) is 89.2. The second-order valence-corrected chi connectivity index (χ2v) is 33.9. The highest BCUT2D eigenvalue weighted by Gasteiger charge is 2.87. The number of hydrogen-bond acceptors (Lipinski definition) is 10. The largest absolute Gasteiger partial charge is 0.454 e. The van der Waals surface area contributed by atoms with Crippen molar-refractivity contribution in [3.8, 4) is 11.8 Å². The molecule has 7 N–H and O–H groups in total. The number of hydrogen-bond donors (Lipinski definition) is 7. The van der Waals surface area contributed by atoms with Crippen molar-refractivity contribution in [1.82, 2.24) is 5.32 Å². The third-order valence-electron chi connectivity index (χ3n) is 31.0. The Bertz CT molecular complexity index is 3460. The van der Waals surface area contributed by atoms with Crippen LogP contribution in [-0.4, -0.2) is 91.1 Å². The Labute approximate surface area is 534 Å². The molecule has 11 fully saturated rings. The summed E-state index contributed by atoms with van der Waals surface area (Å²) < 4.78 is 6.61. The number of aliphatic hydroxyl groups excluding tert-OH is 3. The highest BCUT2D eigenvalue weighted by molar-refractivity contribution is 5.86. The standard InChI is InChI=1S/C80H101NO9/c1-47(50-12-4-5-13-50)52-19-22-64-71(85)75-31-25-55-35-54(20-21-63(55)75)53-15-10-18-59(36-53)74(27-6-3-7-28-74)58-17-8-11-48(34-58)33-49-23-29-73(41-49)30-24-51-14-9-16-56(43-82)60(51)39-66(81-2)61-37-57-42-78(87)76(44-73,69(57)62-40-68(84)90-70(61)62)32-26-67-77(45-75,46-83)79(64,88)65(38-52)72(86)80(67,78)89/h8-11,14-18,34,36,40,46-47,49-50,52,54-55,57,61,63-67,69-72,81-82,85-89H,3-7,12-13,19-23,25-29,31-33,35,37-39,41-45H2,1-2H3/t47-,49+,52-,54-,55-,57-,61-,63+,64-,65-,66-,67+,69+,70+,71+,72+,73+,75-,76-,77-,78+,79+,80+/m0/s1. The number of carbonyl (C=O) groups is 2. The Morgan fingerprint density at radius 2 is 1.51 bits per heavy atom. The number of ether oxygens (including phenoxy) is 1. The zero-order valence-corrected chi connectivity index (χ0v) is 53.7. The molecule has 20 rings (SSSR count). The van der Waals surface area contributed by atoms with Gasteiger partial charge in [0.05, 0.1) is 29.8 Å². The molecule has 3 aromatic carbocycles. The number of aldehydes is 1. The van der Waals surface area contributed by atoms with Gasteiger partial charge < -0.3 is 45.5 Å². The summed E-state index contributed by atoms with van der Waals surface area (Å²) in [4.78, 5) is 30.2. The highest BCUT2D eigenvalue weighted by atomic mass is 16.5. The summed E-state index contributed by atoms with van der Waals surface area (Å²) in [6.45, 7) is 2.23. The van der Waals surface area contributed by atoms with E-state index in [0.717, 1.165) is 118 Å². The van der Waals surface area contributed by atoms with Crippen LogP contribution in [0.1, 0.15) is 219 Å². The molecule has 17 aliphatic rings. The fourth-order valence-electron chi connectivity index (χ4n) is 27.4. The van der Waals surface area contributed by atoms with E-state index < -0.39 is 86.4 Å². The van der Waals surface area contributed by atoms with Crippen LogP contribution in [0.5, 0.6) is 0 Å². The normalized spacial score (nSPS) is 47.0. The van der Waals surface area contributed by atoms with Gasteiger partial charge in [-0.2, -0.15) is 0 Å². The van der Waals surface area contributed by atoms with Gasteiger partial charge in [0, 0.05) is 63.0 Å². The molecule has 90 heavy (non-hydrogen) atoms. The first kappa shape index (κ1) is 59.6. The molecular formula is C80H101NO9. The van der Waals surface area contributed by atoms with Crippen LogP contribution in [0.3, 0.4) is 0 Å². The summed E-state index contributed by atoms with van der Waals surface area (Å²) >= 11 is 0. The Kier molecular flexibility index (Phi) is 14.0. The van der Waals surface area contributed by atoms with Crippen LogP contribution in [0.25, 0.3) is 0 Å². The van der Waals surface area contributed by atoms with E-state index in [1.807, 2.05) is 19.2 Å². The zero-order valence-electron chi connectivity index (χ0n) is 53.7. The number of aliphatic hydroxyl groups is 6. The van der Waals surface area contributed by atoms with Crippen molar-refractivity contribution >= 4 is 12.3 Å². The van der Waals surface area contributed by atoms with Crippen molar-refractivity contribution in [2.45, 2.75) is 246 Å². The van der Waals surface area contributed by atoms with Crippen LogP contribution < -0.4 is 5.32 Å². The molecule has 23 atom stereocenters. The van der Waals surface area contributed by atoms with E-state index in [-0.39, 0.29) is 72.8 Å². The van der Waals surface area contributed by atoms with Gasteiger partial charge in [0.1, 0.15) is 23.6 Å². The molecular weight excluding hydrogens is 1120 g/mol. The molecule has 17 bridgehead atoms. The molecule has 10 heteroatoms. The molecule has 3 aromatic rings. The number of esters is 1. The van der Waals surface area contributed by atoms with E-state index in [9.17, 15) is 25.2 Å². The molecule has 11 saturated carbocycles. The van der Waals surface area contributed by atoms with Crippen LogP contribution in [0.4, 0.5) is 0 Å². The smallest absolute Gasteiger partial charge is 0.331 e. The van der Waals surface area contributed by atoms with E-state index in [0.29, 0.717) is 56.3 Å². The molecule has 480 valence electrons. The van der Waals surface area contributed by atoms with Crippen LogP contribution in [0.2, 0.25) is 0 Å². The predicted molar refractivity (Wildman–Crippen MR) is 344 cm³/mol. The lowest BCUT2D eigenvalue weighted by Gasteiger charge is -2.75. The summed E-state index contributed by atoms with van der Waals surface area (Å²) in [5.41, 5.74) is -1.28. The van der Waals surface area contributed by atoms with Crippen LogP contribution in [0, 0.1) is 105 Å². The number of benzene rings is 3. The van der Waals surface area contributed by atoms with Crippen molar-refractivity contribution in [3.63, 3.8) is 0 Å². The van der Waals surface area contributed by atoms with E-state index in [1.165, 1.54) is 54.4 Å². The van der Waals surface area contributed by atoms with E-state index in [1.54, 1.807) is 6.08 Å². The monoisotopic (exact) mass is 1220 g/mol. The van der Waals surface area contributed by atoms with Crippen molar-refractivity contribution < 1.29 is 45.0 Å². The average molecular weight is 1220 g/mol. The SMILES string of the molecule is CN[C@H]1Cc2c(cccc2CO)C#C[C@@]23CC[C@H](Cc4cccc(c4)C4(CCCCC4)c4cccc(c4)[C@H]4CC[C@@H]5[C@@H](CC[C@]56C[C@]5(C=O)[C@H]7CC[C@]8(C2)[C@H]2C9=CC(=O)O[C@@H]9[C@H]1C[C@H]2C[C@]8(O)[C@]7(O)[C@H](O)[C@@H]1C[C@@H]([C@@H](C)C2CCCC2)CC[C@@H]([C@H]6O)[C@@]15O)C4)C3. The quantitative estimate of drug-likeness (QED) is 0.0739. The lowest BCUT2D eigenvalue weighted by atomic mass is 9.32. The Morgan fingerprint density at radius 3 is 2.31 bits per heavy atom. The molecule has 0 saturated heterocycles. The lowest BCUT2D eigenvalue weighted by Crippen LogP contribution is -2.86. The molecule has 0 aromatic heterocycles. The van der Waals surface area contributed by atoms with Gasteiger partial charge in [0.25, 0.3) is 0 Å². The molecule has 16 aliphatic carbocycles. The highest BCUT2D eigenvalue weighted by Crippen LogP contribution is 2.81. The second kappa shape index (κ2) is 21.2. The van der Waals surface area contributed by atoms with E-state index in [4.69, 9.17) is 4.74 Å². The van der Waals surface area contributed by atoms with Crippen LogP contribution >= 0.6 is 0 Å². The second-order valence-electron chi connectivity index (χ2n) is 33.9. The third kappa shape index (κ3) is 7.96. The minimum atomic E-state index is -2.28. The molecule has 1 heterocycles. The molecule has 10 nitrogen and oxygen atoms in total. The van der Waals surface area contributed by atoms with Gasteiger partial charge in [-0.25, -0.2) is 4.79 Å². The Morgan fingerprint density at radius 1 is 0.722 bits per heavy atom. The summed E-state index contributed by atoms with van der Waals surface area (Å²) in [6.07, 6.45) is 22.3. The van der Waals surface area contributed by atoms with Gasteiger partial charge >= 0.3 is 5.97 Å². The molecule has 4 spiro atoms. The maximum atomic E-state index is 15.8. The number of likely N-dealkylation sites (N-methyl/N-ethyl adjacent to an activating group) is 1. The predicted octanol–water partition coefficient (Wildman–Crippen LogP) is 11.9. The van der Waals surface area contributed by atoms with Crippen molar-refractivity contribution in [2.24, 2.45) is 92.7 Å². The summed E-state index contributed by atoms with van der Waals surface area (Å²) in [7, 11) is 1.97. The topological polar surface area (TPSA) is 177 Å². The minimum Gasteiger partial charge on any atom is -0.454 e. The van der Waals surface area contributed by atoms with Crippen molar-refractivity contribution in [3.05, 3.63) is 117 Å². The third-order valence-corrected chi connectivity index (χ3v) is 31.0. The molecule has 1 aliphatic heterocycles. The van der Waals surface area contributed by atoms with Gasteiger partial charge in [-0.15, -0.1) is 0 Å². The number of carbonyl (C=O) groups excluding carboxylic acids is 2. The van der Waals surface area contributed by atoms with Gasteiger partial charge in [0.2, 0.25) is 0 Å². The number of fused-ring (bicyclic) bond motifs is 1. The van der Waals surface area contributed by atoms with Crippen LogP contribution in [-0.2, 0) is 39.2 Å². The fourth-order valence-corrected chi connectivity index (χ4v) is 27.4. The van der Waals surface area contributed by atoms with E-state index in [2.05, 4.69) is 78.7 Å². The average Bonchev–Trinajstić information content (AvgIpc) is 1.15. The van der Waals surface area contributed by atoms with Gasteiger partial charge in [0.15, 0.2) is 0 Å². The first-order valence-electron chi connectivity index (χ1n) is 36.6. The van der Waals surface area contributed by atoms with Gasteiger partial charge in [-0.05, 0) is 240 Å². The zero-order chi connectivity index (χ0) is 61.5. The van der Waals surface area contributed by atoms with Crippen molar-refractivity contribution in [2.75, 3.05) is 7.05 Å². The number of rotatable bonds is 5. The summed E-state index contributed by atoms with van der Waals surface area (Å²) in [5.74, 6) is 5.76. The van der Waals surface area contributed by atoms with Crippen LogP contribution in [0.15, 0.2) is 78.4 Å². The number of nitrogens with one attached hydrogen (secondary N) is 1. The first-order valence-corrected chi connectivity index (χ1v) is 36.6. The fraction of sp³-hybridized carbons (Fsp3) is 0.700. The Balaban J connectivity index is 0.903. The first-order chi connectivity index (χ1) is 43.5. The Hall–Kier alpha value is -4.18. The molecule has 0 unspecified atom stereocenters. The van der Waals surface area contributed by atoms with E-state index >= 15 is 15.0 Å². The maximum absolute atomic E-state index is 15.8. The van der Waals surface area contributed by atoms with Crippen molar-refractivity contribution in [1.29, 1.82) is 0 Å². The molecule has 0 radical (unpaired) electrons. The minimum absolute atomic E-state index is 0.0625. The maximum Gasteiger partial charge on any atom is 0.331 e. The molecule has 0 amide bonds. The van der Waals surface area contributed by atoms with Gasteiger partial charge in [-0.3, -0.25) is 0 Å². The summed E-state index contributed by atoms with van der Waals surface area (Å²) in [6, 6.07) is 25.2.